The highest BCUT2D eigenvalue weighted by molar-refractivity contribution is 5.92. The molecule has 0 bridgehead atoms. The number of hydrogen-bond acceptors (Lipinski definition) is 4. The lowest BCUT2D eigenvalue weighted by molar-refractivity contribution is -0.150. The van der Waals surface area contributed by atoms with Crippen LogP contribution in [0.4, 0.5) is 0 Å². The normalized spacial score (nSPS) is 13.1. The van der Waals surface area contributed by atoms with Crippen LogP contribution in [0, 0.1) is 11.3 Å². The van der Waals surface area contributed by atoms with Crippen LogP contribution in [0.1, 0.15) is 19.4 Å². The summed E-state index contributed by atoms with van der Waals surface area (Å²) < 4.78 is 4.97. The van der Waals surface area contributed by atoms with Crippen LogP contribution in [0.5, 0.6) is 0 Å². The van der Waals surface area contributed by atoms with Crippen molar-refractivity contribution in [1.82, 2.24) is 10.3 Å². The number of ether oxygens (including phenoxy) is 1. The smallest absolute Gasteiger partial charge is 0.347 e. The Bertz CT molecular complexity index is 744. The lowest BCUT2D eigenvalue weighted by Gasteiger charge is -2.24. The predicted octanol–water partition coefficient (Wildman–Crippen LogP) is 1.67. The zero-order chi connectivity index (χ0) is 16.2. The number of aromatic nitrogens is 1. The second-order valence-corrected chi connectivity index (χ2v) is 4.96. The van der Waals surface area contributed by atoms with E-state index in [-0.39, 0.29) is 13.0 Å². The molecule has 1 aromatic carbocycles. The van der Waals surface area contributed by atoms with Crippen molar-refractivity contribution in [2.75, 3.05) is 6.61 Å². The third-order valence-corrected chi connectivity index (χ3v) is 3.33. The summed E-state index contributed by atoms with van der Waals surface area (Å²) in [7, 11) is 0. The van der Waals surface area contributed by atoms with E-state index >= 15 is 0 Å². The Hall–Kier alpha value is -2.81. The molecular formula is C16H17N3O3. The maximum absolute atomic E-state index is 12.2. The van der Waals surface area contributed by atoms with Gasteiger partial charge in [-0.3, -0.25) is 4.79 Å². The Morgan fingerprint density at radius 2 is 2.14 bits per heavy atom. The number of hydrogen-bond donors (Lipinski definition) is 2. The van der Waals surface area contributed by atoms with Gasteiger partial charge in [-0.05, 0) is 18.6 Å². The van der Waals surface area contributed by atoms with Crippen LogP contribution in [0.15, 0.2) is 30.5 Å². The van der Waals surface area contributed by atoms with Crippen LogP contribution in [0.25, 0.3) is 10.9 Å². The zero-order valence-corrected chi connectivity index (χ0v) is 12.5. The Morgan fingerprint density at radius 3 is 2.77 bits per heavy atom. The molecule has 0 saturated carbocycles. The summed E-state index contributed by atoms with van der Waals surface area (Å²) in [5.74, 6) is -1.22. The second kappa shape index (κ2) is 6.31. The molecule has 6 heteroatoms. The number of nitrogens with zero attached hydrogens (tertiary/aromatic N) is 1. The zero-order valence-electron chi connectivity index (χ0n) is 12.5. The highest BCUT2D eigenvalue weighted by Gasteiger charge is 2.42. The van der Waals surface area contributed by atoms with E-state index in [1.54, 1.807) is 13.1 Å². The molecule has 0 saturated heterocycles. The number of benzene rings is 1. The SMILES string of the molecule is CCOC(=O)[C@@](C#N)(Cc1c[nH]c2ccccc12)NC(C)=O. The number of rotatable bonds is 5. The van der Waals surface area contributed by atoms with Crippen molar-refractivity contribution >= 4 is 22.8 Å². The number of nitriles is 1. The Labute approximate surface area is 128 Å². The molecule has 0 spiro atoms. The number of fused-ring (bicyclic) bond motifs is 1. The van der Waals surface area contributed by atoms with E-state index in [0.29, 0.717) is 0 Å². The molecule has 0 aliphatic carbocycles. The summed E-state index contributed by atoms with van der Waals surface area (Å²) >= 11 is 0. The van der Waals surface area contributed by atoms with Gasteiger partial charge in [-0.1, -0.05) is 18.2 Å². The molecule has 1 amide bonds. The predicted molar refractivity (Wildman–Crippen MR) is 80.8 cm³/mol. The molecule has 1 atom stereocenters. The van der Waals surface area contributed by atoms with E-state index < -0.39 is 17.4 Å². The van der Waals surface area contributed by atoms with Gasteiger partial charge in [0.15, 0.2) is 0 Å². The van der Waals surface area contributed by atoms with Gasteiger partial charge in [0.2, 0.25) is 11.4 Å². The van der Waals surface area contributed by atoms with E-state index in [9.17, 15) is 14.9 Å². The van der Waals surface area contributed by atoms with Gasteiger partial charge >= 0.3 is 5.97 Å². The fraction of sp³-hybridized carbons (Fsp3) is 0.312. The van der Waals surface area contributed by atoms with Gasteiger partial charge < -0.3 is 15.0 Å². The molecule has 0 radical (unpaired) electrons. The van der Waals surface area contributed by atoms with Gasteiger partial charge in [0.1, 0.15) is 6.07 Å². The maximum Gasteiger partial charge on any atom is 0.347 e. The van der Waals surface area contributed by atoms with Crippen LogP contribution < -0.4 is 5.32 Å². The Balaban J connectivity index is 2.43. The molecule has 2 rings (SSSR count). The molecule has 0 aliphatic rings. The van der Waals surface area contributed by atoms with Gasteiger partial charge in [-0.25, -0.2) is 4.79 Å². The van der Waals surface area contributed by atoms with E-state index in [1.807, 2.05) is 30.3 Å². The van der Waals surface area contributed by atoms with Crippen molar-refractivity contribution in [3.63, 3.8) is 0 Å². The van der Waals surface area contributed by atoms with E-state index in [0.717, 1.165) is 16.5 Å². The number of carbonyl (C=O) groups is 2. The van der Waals surface area contributed by atoms with E-state index in [2.05, 4.69) is 10.3 Å². The minimum atomic E-state index is -1.73. The summed E-state index contributed by atoms with van der Waals surface area (Å²) in [6.45, 7) is 3.05. The number of amides is 1. The summed E-state index contributed by atoms with van der Waals surface area (Å²) in [5.41, 5.74) is -0.0673. The monoisotopic (exact) mass is 299 g/mol. The largest absolute Gasteiger partial charge is 0.463 e. The third kappa shape index (κ3) is 2.93. The highest BCUT2D eigenvalue weighted by atomic mass is 16.5. The number of carbonyl (C=O) groups excluding carboxylic acids is 2. The highest BCUT2D eigenvalue weighted by Crippen LogP contribution is 2.23. The molecule has 0 fully saturated rings. The van der Waals surface area contributed by atoms with Crippen LogP contribution in [0.3, 0.4) is 0 Å². The van der Waals surface area contributed by atoms with Crippen LogP contribution >= 0.6 is 0 Å². The van der Waals surface area contributed by atoms with Gasteiger partial charge in [0.25, 0.3) is 0 Å². The number of para-hydroxylation sites is 1. The Kier molecular flexibility index (Phi) is 4.47. The molecule has 114 valence electrons. The van der Waals surface area contributed by atoms with E-state index in [1.165, 1.54) is 6.92 Å². The second-order valence-electron chi connectivity index (χ2n) is 4.96. The van der Waals surface area contributed by atoms with Gasteiger partial charge in [0, 0.05) is 30.4 Å². The first-order valence-corrected chi connectivity index (χ1v) is 6.94. The van der Waals surface area contributed by atoms with Crippen molar-refractivity contribution in [3.05, 3.63) is 36.0 Å². The van der Waals surface area contributed by atoms with Crippen LogP contribution in [0.2, 0.25) is 0 Å². The first-order valence-electron chi connectivity index (χ1n) is 6.94. The third-order valence-electron chi connectivity index (χ3n) is 3.33. The van der Waals surface area contributed by atoms with Gasteiger partial charge in [-0.15, -0.1) is 0 Å². The summed E-state index contributed by atoms with van der Waals surface area (Å²) in [4.78, 5) is 26.8. The van der Waals surface area contributed by atoms with Crippen molar-refractivity contribution in [2.45, 2.75) is 25.8 Å². The summed E-state index contributed by atoms with van der Waals surface area (Å²) in [6.07, 6.45) is 1.77. The first kappa shape index (κ1) is 15.6. The van der Waals surface area contributed by atoms with E-state index in [4.69, 9.17) is 4.74 Å². The molecule has 6 nitrogen and oxygen atoms in total. The molecule has 2 aromatic rings. The van der Waals surface area contributed by atoms with Crippen LogP contribution in [-0.2, 0) is 20.7 Å². The molecule has 0 unspecified atom stereocenters. The van der Waals surface area contributed by atoms with Gasteiger partial charge in [-0.2, -0.15) is 5.26 Å². The standard InChI is InChI=1S/C16H17N3O3/c1-3-22-15(21)16(10-17,19-11(2)20)8-12-9-18-14-7-5-4-6-13(12)14/h4-7,9,18H,3,8H2,1-2H3,(H,19,20)/t16-/m0/s1. The lowest BCUT2D eigenvalue weighted by atomic mass is 9.91. The summed E-state index contributed by atoms with van der Waals surface area (Å²) in [6, 6.07) is 9.46. The first-order chi connectivity index (χ1) is 10.5. The number of aromatic amines is 1. The molecule has 2 N–H and O–H groups in total. The minimum Gasteiger partial charge on any atom is -0.463 e. The average molecular weight is 299 g/mol. The topological polar surface area (TPSA) is 95.0 Å². The number of nitrogens with one attached hydrogen (secondary N) is 2. The molecular weight excluding hydrogens is 282 g/mol. The fourth-order valence-corrected chi connectivity index (χ4v) is 2.40. The maximum atomic E-state index is 12.2. The number of esters is 1. The van der Waals surface area contributed by atoms with Crippen molar-refractivity contribution in [3.8, 4) is 6.07 Å². The van der Waals surface area contributed by atoms with Crippen molar-refractivity contribution in [2.24, 2.45) is 0 Å². The fourth-order valence-electron chi connectivity index (χ4n) is 2.40. The summed E-state index contributed by atoms with van der Waals surface area (Å²) in [5, 5.41) is 12.9. The van der Waals surface area contributed by atoms with Crippen molar-refractivity contribution in [1.29, 1.82) is 5.26 Å². The molecule has 1 heterocycles. The quantitative estimate of drug-likeness (QED) is 0.821. The number of H-pyrrole nitrogens is 1. The van der Waals surface area contributed by atoms with Crippen LogP contribution in [-0.4, -0.2) is 29.0 Å². The molecule has 1 aromatic heterocycles. The molecule has 22 heavy (non-hydrogen) atoms. The van der Waals surface area contributed by atoms with Crippen molar-refractivity contribution < 1.29 is 14.3 Å². The molecule has 0 aliphatic heterocycles. The lowest BCUT2D eigenvalue weighted by Crippen LogP contribution is -2.55. The van der Waals surface area contributed by atoms with Gasteiger partial charge in [0.05, 0.1) is 6.61 Å². The average Bonchev–Trinajstić information content (AvgIpc) is 2.89. The minimum absolute atomic E-state index is 0.0337. The Morgan fingerprint density at radius 1 is 1.41 bits per heavy atom.